The molecule has 0 bridgehead atoms. The number of hydrogen-bond acceptors (Lipinski definition) is 5. The van der Waals surface area contributed by atoms with Crippen LogP contribution >= 0.6 is 0 Å². The highest BCUT2D eigenvalue weighted by Gasteiger charge is 2.11. The Morgan fingerprint density at radius 3 is 2.83 bits per heavy atom. The van der Waals surface area contributed by atoms with Gasteiger partial charge in [0.15, 0.2) is 0 Å². The fourth-order valence-corrected chi connectivity index (χ4v) is 1.86. The molecule has 0 saturated carbocycles. The number of nitrogens with one attached hydrogen (secondary N) is 1. The summed E-state index contributed by atoms with van der Waals surface area (Å²) in [6.45, 7) is 2.86. The van der Waals surface area contributed by atoms with E-state index in [2.05, 4.69) is 15.3 Å². The van der Waals surface area contributed by atoms with Crippen molar-refractivity contribution >= 4 is 11.7 Å². The van der Waals surface area contributed by atoms with Gasteiger partial charge >= 0.3 is 0 Å². The summed E-state index contributed by atoms with van der Waals surface area (Å²) in [4.78, 5) is 20.1. The molecule has 2 heterocycles. The molecule has 1 amide bonds. The zero-order valence-corrected chi connectivity index (χ0v) is 13.0. The molecule has 0 fully saturated rings. The highest BCUT2D eigenvalue weighted by atomic mass is 19.1. The summed E-state index contributed by atoms with van der Waals surface area (Å²) in [6.07, 6.45) is 1.78. The molecule has 7 heteroatoms. The fourth-order valence-electron chi connectivity index (χ4n) is 1.86. The minimum Gasteiger partial charge on any atom is -0.493 e. The van der Waals surface area contributed by atoms with Gasteiger partial charge in [-0.05, 0) is 19.1 Å². The Kier molecular flexibility index (Phi) is 5.99. The minimum atomic E-state index is -0.469. The third-order valence-corrected chi connectivity index (χ3v) is 2.89. The average molecular weight is 319 g/mol. The number of carbonyl (C=O) groups excluding carboxylic acids is 1. The van der Waals surface area contributed by atoms with Crippen LogP contribution in [-0.2, 0) is 4.74 Å². The van der Waals surface area contributed by atoms with E-state index < -0.39 is 11.7 Å². The van der Waals surface area contributed by atoms with Crippen LogP contribution in [0.5, 0.6) is 5.75 Å². The smallest absolute Gasteiger partial charge is 0.275 e. The third-order valence-electron chi connectivity index (χ3n) is 2.89. The number of methoxy groups -OCH3 is 1. The van der Waals surface area contributed by atoms with Crippen LogP contribution in [0.3, 0.4) is 0 Å². The SMILES string of the molecule is COCCCOc1cc(C)nc(C(=O)Nc2ccc(F)cn2)c1. The van der Waals surface area contributed by atoms with E-state index in [1.165, 1.54) is 12.1 Å². The maximum Gasteiger partial charge on any atom is 0.275 e. The van der Waals surface area contributed by atoms with Crippen LogP contribution in [0.4, 0.5) is 10.2 Å². The molecule has 0 atom stereocenters. The largest absolute Gasteiger partial charge is 0.493 e. The van der Waals surface area contributed by atoms with E-state index in [0.29, 0.717) is 24.7 Å². The van der Waals surface area contributed by atoms with Crippen LogP contribution < -0.4 is 10.1 Å². The van der Waals surface area contributed by atoms with Crippen molar-refractivity contribution in [3.05, 3.63) is 47.7 Å². The summed E-state index contributed by atoms with van der Waals surface area (Å²) < 4.78 is 23.3. The van der Waals surface area contributed by atoms with E-state index in [9.17, 15) is 9.18 Å². The van der Waals surface area contributed by atoms with Crippen LogP contribution in [0.25, 0.3) is 0 Å². The Bertz CT molecular complexity index is 662. The summed E-state index contributed by atoms with van der Waals surface area (Å²) >= 11 is 0. The molecule has 0 saturated heterocycles. The van der Waals surface area contributed by atoms with Gasteiger partial charge in [-0.15, -0.1) is 0 Å². The summed E-state index contributed by atoms with van der Waals surface area (Å²) in [7, 11) is 1.63. The van der Waals surface area contributed by atoms with Crippen molar-refractivity contribution in [2.45, 2.75) is 13.3 Å². The molecule has 2 rings (SSSR count). The van der Waals surface area contributed by atoms with E-state index in [4.69, 9.17) is 9.47 Å². The van der Waals surface area contributed by atoms with Crippen molar-refractivity contribution in [3.63, 3.8) is 0 Å². The Balaban J connectivity index is 2.04. The lowest BCUT2D eigenvalue weighted by molar-refractivity contribution is 0.102. The molecule has 23 heavy (non-hydrogen) atoms. The number of aryl methyl sites for hydroxylation is 1. The molecular weight excluding hydrogens is 301 g/mol. The number of anilines is 1. The van der Waals surface area contributed by atoms with E-state index in [0.717, 1.165) is 12.6 Å². The molecule has 0 aliphatic heterocycles. The molecule has 0 unspecified atom stereocenters. The normalized spacial score (nSPS) is 10.4. The van der Waals surface area contributed by atoms with Crippen LogP contribution in [0.1, 0.15) is 22.6 Å². The van der Waals surface area contributed by atoms with Crippen molar-refractivity contribution in [3.8, 4) is 5.75 Å². The number of rotatable bonds is 7. The number of hydrogen-bond donors (Lipinski definition) is 1. The lowest BCUT2D eigenvalue weighted by Gasteiger charge is -2.09. The van der Waals surface area contributed by atoms with Crippen molar-refractivity contribution in [2.24, 2.45) is 0 Å². The predicted molar refractivity (Wildman–Crippen MR) is 83.1 cm³/mol. The van der Waals surface area contributed by atoms with Crippen molar-refractivity contribution in [2.75, 3.05) is 25.6 Å². The third kappa shape index (κ3) is 5.30. The van der Waals surface area contributed by atoms with Gasteiger partial charge in [0.05, 0.1) is 12.8 Å². The second kappa shape index (κ2) is 8.19. The second-order valence-corrected chi connectivity index (χ2v) is 4.84. The number of aromatic nitrogens is 2. The van der Waals surface area contributed by atoms with Crippen molar-refractivity contribution in [1.82, 2.24) is 9.97 Å². The quantitative estimate of drug-likeness (QED) is 0.794. The van der Waals surface area contributed by atoms with Gasteiger partial charge in [-0.1, -0.05) is 0 Å². The Morgan fingerprint density at radius 1 is 1.30 bits per heavy atom. The first kappa shape index (κ1) is 16.8. The van der Waals surface area contributed by atoms with Crippen LogP contribution in [0.2, 0.25) is 0 Å². The number of amides is 1. The van der Waals surface area contributed by atoms with Crippen LogP contribution in [-0.4, -0.2) is 36.2 Å². The molecule has 0 aromatic carbocycles. The van der Waals surface area contributed by atoms with Crippen LogP contribution in [0, 0.1) is 12.7 Å². The van der Waals surface area contributed by atoms with Gasteiger partial charge in [0.25, 0.3) is 5.91 Å². The molecule has 0 radical (unpaired) electrons. The van der Waals surface area contributed by atoms with E-state index >= 15 is 0 Å². The standard InChI is InChI=1S/C16H18FN3O3/c1-11-8-13(23-7-3-6-22-2)9-14(19-11)16(21)20-15-5-4-12(17)10-18-15/h4-5,8-10H,3,6-7H2,1-2H3,(H,18,20,21). The molecule has 0 aliphatic rings. The topological polar surface area (TPSA) is 73.3 Å². The number of pyridine rings is 2. The predicted octanol–water partition coefficient (Wildman–Crippen LogP) is 2.59. The summed E-state index contributed by atoms with van der Waals surface area (Å²) in [5.74, 6) is -0.0916. The van der Waals surface area contributed by atoms with E-state index in [1.807, 2.05) is 0 Å². The van der Waals surface area contributed by atoms with Gasteiger partial charge in [-0.3, -0.25) is 4.79 Å². The van der Waals surface area contributed by atoms with Gasteiger partial charge in [-0.25, -0.2) is 14.4 Å². The highest BCUT2D eigenvalue weighted by Crippen LogP contribution is 2.15. The lowest BCUT2D eigenvalue weighted by atomic mass is 10.2. The highest BCUT2D eigenvalue weighted by molar-refractivity contribution is 6.02. The molecule has 122 valence electrons. The monoisotopic (exact) mass is 319 g/mol. The van der Waals surface area contributed by atoms with Crippen molar-refractivity contribution < 1.29 is 18.7 Å². The first-order valence-corrected chi connectivity index (χ1v) is 7.12. The maximum atomic E-state index is 12.8. The molecule has 0 spiro atoms. The van der Waals surface area contributed by atoms with E-state index in [-0.39, 0.29) is 11.5 Å². The zero-order chi connectivity index (χ0) is 16.7. The van der Waals surface area contributed by atoms with Gasteiger partial charge < -0.3 is 14.8 Å². The summed E-state index contributed by atoms with van der Waals surface area (Å²) in [6, 6.07) is 5.90. The Morgan fingerprint density at radius 2 is 2.13 bits per heavy atom. The summed E-state index contributed by atoms with van der Waals surface area (Å²) in [5, 5.41) is 2.56. The molecule has 2 aromatic heterocycles. The van der Waals surface area contributed by atoms with Gasteiger partial charge in [0.2, 0.25) is 0 Å². The number of halogens is 1. The fraction of sp³-hybridized carbons (Fsp3) is 0.312. The molecule has 0 aliphatic carbocycles. The number of carbonyl (C=O) groups is 1. The van der Waals surface area contributed by atoms with Gasteiger partial charge in [-0.2, -0.15) is 0 Å². The number of ether oxygens (including phenoxy) is 2. The van der Waals surface area contributed by atoms with Gasteiger partial charge in [0.1, 0.15) is 23.1 Å². The first-order valence-electron chi connectivity index (χ1n) is 7.12. The second-order valence-electron chi connectivity index (χ2n) is 4.84. The minimum absolute atomic E-state index is 0.206. The number of nitrogens with zero attached hydrogens (tertiary/aromatic N) is 2. The van der Waals surface area contributed by atoms with Crippen LogP contribution in [0.15, 0.2) is 30.5 Å². The Hall–Kier alpha value is -2.54. The summed E-state index contributed by atoms with van der Waals surface area (Å²) in [5.41, 5.74) is 0.865. The van der Waals surface area contributed by atoms with Crippen molar-refractivity contribution in [1.29, 1.82) is 0 Å². The lowest BCUT2D eigenvalue weighted by Crippen LogP contribution is -2.15. The maximum absolute atomic E-state index is 12.8. The van der Waals surface area contributed by atoms with E-state index in [1.54, 1.807) is 26.2 Å². The average Bonchev–Trinajstić information content (AvgIpc) is 2.53. The molecule has 2 aromatic rings. The first-order chi connectivity index (χ1) is 11.1. The molecule has 6 nitrogen and oxygen atoms in total. The molecular formula is C16H18FN3O3. The zero-order valence-electron chi connectivity index (χ0n) is 13.0. The van der Waals surface area contributed by atoms with Gasteiger partial charge in [0, 0.05) is 38.0 Å². The molecule has 1 N–H and O–H groups in total. The Labute approximate surface area is 133 Å².